The van der Waals surface area contributed by atoms with Crippen LogP contribution in [0.15, 0.2) is 54.6 Å². The van der Waals surface area contributed by atoms with Crippen molar-refractivity contribution in [2.75, 3.05) is 13.7 Å². The fraction of sp³-hybridized carbons (Fsp3) is 0.440. The first kappa shape index (κ1) is 22.8. The van der Waals surface area contributed by atoms with Crippen molar-refractivity contribution >= 4 is 11.8 Å². The van der Waals surface area contributed by atoms with Crippen molar-refractivity contribution in [2.45, 2.75) is 50.7 Å². The summed E-state index contributed by atoms with van der Waals surface area (Å²) in [7, 11) is 1.63. The summed E-state index contributed by atoms with van der Waals surface area (Å²) in [5.74, 6) is 0.762. The van der Waals surface area contributed by atoms with Crippen LogP contribution in [0.2, 0.25) is 0 Å². The largest absolute Gasteiger partial charge is 0.497 e. The van der Waals surface area contributed by atoms with Crippen LogP contribution in [0, 0.1) is 5.92 Å². The molecule has 1 fully saturated rings. The Morgan fingerprint density at radius 1 is 1.06 bits per heavy atom. The van der Waals surface area contributed by atoms with Crippen LogP contribution in [0.25, 0.3) is 0 Å². The monoisotopic (exact) mass is 424 g/mol. The average molecular weight is 425 g/mol. The minimum absolute atomic E-state index is 0.0159. The van der Waals surface area contributed by atoms with Crippen LogP contribution in [-0.2, 0) is 16.0 Å². The van der Waals surface area contributed by atoms with E-state index in [0.29, 0.717) is 12.8 Å². The van der Waals surface area contributed by atoms with E-state index < -0.39 is 6.10 Å². The summed E-state index contributed by atoms with van der Waals surface area (Å²) in [5.41, 5.74) is 1.87. The number of nitrogens with one attached hydrogen (secondary N) is 2. The minimum atomic E-state index is -0.703. The summed E-state index contributed by atoms with van der Waals surface area (Å²) in [6.45, 7) is 0.212. The second-order valence-corrected chi connectivity index (χ2v) is 8.14. The molecule has 0 aliphatic heterocycles. The number of hydrogen-bond acceptors (Lipinski definition) is 4. The second-order valence-electron chi connectivity index (χ2n) is 8.14. The maximum atomic E-state index is 12.5. The predicted octanol–water partition coefficient (Wildman–Crippen LogP) is 3.15. The van der Waals surface area contributed by atoms with Gasteiger partial charge >= 0.3 is 0 Å². The summed E-state index contributed by atoms with van der Waals surface area (Å²) in [4.78, 5) is 24.8. The van der Waals surface area contributed by atoms with Crippen LogP contribution in [0.3, 0.4) is 0 Å². The molecule has 6 nitrogen and oxygen atoms in total. The molecular weight excluding hydrogens is 392 g/mol. The predicted molar refractivity (Wildman–Crippen MR) is 120 cm³/mol. The summed E-state index contributed by atoms with van der Waals surface area (Å²) < 4.78 is 5.22. The second kappa shape index (κ2) is 11.5. The van der Waals surface area contributed by atoms with Crippen LogP contribution in [0.5, 0.6) is 5.75 Å². The van der Waals surface area contributed by atoms with E-state index in [1.54, 1.807) is 7.11 Å². The lowest BCUT2D eigenvalue weighted by Crippen LogP contribution is -2.41. The van der Waals surface area contributed by atoms with Gasteiger partial charge in [-0.15, -0.1) is 0 Å². The van der Waals surface area contributed by atoms with Crippen molar-refractivity contribution in [3.8, 4) is 5.75 Å². The molecule has 31 heavy (non-hydrogen) atoms. The van der Waals surface area contributed by atoms with Crippen molar-refractivity contribution in [3.63, 3.8) is 0 Å². The van der Waals surface area contributed by atoms with E-state index >= 15 is 0 Å². The van der Waals surface area contributed by atoms with Gasteiger partial charge in [-0.05, 0) is 55.4 Å². The van der Waals surface area contributed by atoms with Gasteiger partial charge < -0.3 is 20.5 Å². The molecule has 0 radical (unpaired) electrons. The molecule has 2 aromatic rings. The molecule has 2 amide bonds. The van der Waals surface area contributed by atoms with E-state index in [-0.39, 0.29) is 30.3 Å². The number of amides is 2. The Hall–Kier alpha value is -2.86. The number of hydrogen-bond donors (Lipinski definition) is 3. The van der Waals surface area contributed by atoms with Gasteiger partial charge in [0, 0.05) is 24.9 Å². The molecule has 6 heteroatoms. The van der Waals surface area contributed by atoms with Crippen molar-refractivity contribution in [3.05, 3.63) is 65.7 Å². The topological polar surface area (TPSA) is 87.7 Å². The Balaban J connectivity index is 1.35. The zero-order valence-corrected chi connectivity index (χ0v) is 18.0. The number of ether oxygens (including phenoxy) is 1. The highest BCUT2D eigenvalue weighted by atomic mass is 16.5. The van der Waals surface area contributed by atoms with E-state index in [4.69, 9.17) is 4.74 Å². The van der Waals surface area contributed by atoms with Gasteiger partial charge in [-0.2, -0.15) is 0 Å². The van der Waals surface area contributed by atoms with E-state index in [1.807, 2.05) is 54.6 Å². The van der Waals surface area contributed by atoms with Crippen molar-refractivity contribution in [1.29, 1.82) is 0 Å². The van der Waals surface area contributed by atoms with E-state index in [0.717, 1.165) is 42.6 Å². The first-order valence-corrected chi connectivity index (χ1v) is 11.0. The van der Waals surface area contributed by atoms with Crippen LogP contribution in [0.4, 0.5) is 0 Å². The molecule has 1 aliphatic carbocycles. The van der Waals surface area contributed by atoms with Gasteiger partial charge in [0.2, 0.25) is 11.8 Å². The number of methoxy groups -OCH3 is 1. The van der Waals surface area contributed by atoms with Gasteiger partial charge in [0.15, 0.2) is 0 Å². The lowest BCUT2D eigenvalue weighted by Gasteiger charge is -2.28. The third kappa shape index (κ3) is 7.10. The summed E-state index contributed by atoms with van der Waals surface area (Å²) in [5, 5.41) is 16.2. The van der Waals surface area contributed by atoms with Crippen LogP contribution in [-0.4, -0.2) is 36.6 Å². The standard InChI is InChI=1S/C25H32N2O4/c1-31-22-9-5-6-18(16-22)10-15-24(29)27-21-13-11-20(12-14-21)25(30)26-17-23(28)19-7-3-2-4-8-19/h2-9,16,20-21,23,28H,10-15,17H2,1H3,(H,26,30)(H,27,29). The van der Waals surface area contributed by atoms with Crippen molar-refractivity contribution in [1.82, 2.24) is 10.6 Å². The van der Waals surface area contributed by atoms with Gasteiger partial charge in [0.25, 0.3) is 0 Å². The lowest BCUT2D eigenvalue weighted by molar-refractivity contribution is -0.126. The molecule has 0 bridgehead atoms. The molecule has 0 saturated heterocycles. The third-order valence-electron chi connectivity index (χ3n) is 5.89. The zero-order chi connectivity index (χ0) is 22.1. The highest BCUT2D eigenvalue weighted by Crippen LogP contribution is 2.25. The average Bonchev–Trinajstić information content (AvgIpc) is 2.82. The number of rotatable bonds is 9. The summed E-state index contributed by atoms with van der Waals surface area (Å²) >= 11 is 0. The highest BCUT2D eigenvalue weighted by molar-refractivity contribution is 5.79. The SMILES string of the molecule is COc1cccc(CCC(=O)NC2CCC(C(=O)NCC(O)c3ccccc3)CC2)c1. The minimum Gasteiger partial charge on any atom is -0.497 e. The van der Waals surface area contributed by atoms with Crippen molar-refractivity contribution < 1.29 is 19.4 Å². The zero-order valence-electron chi connectivity index (χ0n) is 18.0. The summed E-state index contributed by atoms with van der Waals surface area (Å²) in [6, 6.07) is 17.2. The smallest absolute Gasteiger partial charge is 0.223 e. The van der Waals surface area contributed by atoms with Gasteiger partial charge in [0.05, 0.1) is 13.2 Å². The molecule has 0 aromatic heterocycles. The molecule has 3 N–H and O–H groups in total. The quantitative estimate of drug-likeness (QED) is 0.577. The van der Waals surface area contributed by atoms with Crippen LogP contribution >= 0.6 is 0 Å². The maximum absolute atomic E-state index is 12.5. The Morgan fingerprint density at radius 3 is 2.52 bits per heavy atom. The van der Waals surface area contributed by atoms with Gasteiger partial charge in [-0.25, -0.2) is 0 Å². The van der Waals surface area contributed by atoms with Gasteiger partial charge in [-0.3, -0.25) is 9.59 Å². The molecular formula is C25H32N2O4. The normalized spacial score (nSPS) is 19.3. The molecule has 1 aliphatic rings. The van der Waals surface area contributed by atoms with Crippen LogP contribution in [0.1, 0.15) is 49.3 Å². The van der Waals surface area contributed by atoms with E-state index in [9.17, 15) is 14.7 Å². The van der Waals surface area contributed by atoms with Gasteiger partial charge in [0.1, 0.15) is 5.75 Å². The molecule has 0 spiro atoms. The number of carbonyl (C=O) groups excluding carboxylic acids is 2. The number of aliphatic hydroxyl groups is 1. The fourth-order valence-electron chi connectivity index (χ4n) is 4.02. The molecule has 2 aromatic carbocycles. The molecule has 0 heterocycles. The third-order valence-corrected chi connectivity index (χ3v) is 5.89. The number of aliphatic hydroxyl groups excluding tert-OH is 1. The van der Waals surface area contributed by atoms with E-state index in [2.05, 4.69) is 10.6 Å². The first-order chi connectivity index (χ1) is 15.0. The molecule has 1 unspecified atom stereocenters. The molecule has 166 valence electrons. The van der Waals surface area contributed by atoms with E-state index in [1.165, 1.54) is 0 Å². The molecule has 1 atom stereocenters. The Labute approximate surface area is 184 Å². The molecule has 1 saturated carbocycles. The first-order valence-electron chi connectivity index (χ1n) is 11.0. The number of aryl methyl sites for hydroxylation is 1. The maximum Gasteiger partial charge on any atom is 0.223 e. The lowest BCUT2D eigenvalue weighted by atomic mass is 9.85. The Bertz CT molecular complexity index is 848. The van der Waals surface area contributed by atoms with Gasteiger partial charge in [-0.1, -0.05) is 42.5 Å². The number of benzene rings is 2. The molecule has 3 rings (SSSR count). The Morgan fingerprint density at radius 2 is 1.81 bits per heavy atom. The number of carbonyl (C=O) groups is 2. The summed E-state index contributed by atoms with van der Waals surface area (Å²) in [6.07, 6.45) is 3.48. The fourth-order valence-corrected chi connectivity index (χ4v) is 4.02. The van der Waals surface area contributed by atoms with Crippen LogP contribution < -0.4 is 15.4 Å². The highest BCUT2D eigenvalue weighted by Gasteiger charge is 2.27. The Kier molecular flexibility index (Phi) is 8.47. The van der Waals surface area contributed by atoms with Crippen molar-refractivity contribution in [2.24, 2.45) is 5.92 Å².